The molecule has 5 nitrogen and oxygen atoms in total. The van der Waals surface area contributed by atoms with Crippen LogP contribution in [0.2, 0.25) is 0 Å². The van der Waals surface area contributed by atoms with Crippen LogP contribution in [0.1, 0.15) is 25.5 Å². The quantitative estimate of drug-likeness (QED) is 0.844. The molecule has 21 heavy (non-hydrogen) atoms. The van der Waals surface area contributed by atoms with Gasteiger partial charge in [0.05, 0.1) is 12.3 Å². The van der Waals surface area contributed by atoms with E-state index in [2.05, 4.69) is 21.6 Å². The molecule has 5 heteroatoms. The maximum atomic E-state index is 6.05. The number of methoxy groups -OCH3 is 1. The number of pyridine rings is 1. The van der Waals surface area contributed by atoms with Gasteiger partial charge in [0, 0.05) is 38.4 Å². The van der Waals surface area contributed by atoms with Gasteiger partial charge in [0.15, 0.2) is 5.82 Å². The van der Waals surface area contributed by atoms with E-state index in [1.807, 2.05) is 19.1 Å². The fraction of sp³-hybridized carbons (Fsp3) is 0.562. The van der Waals surface area contributed by atoms with Gasteiger partial charge in [-0.1, -0.05) is 6.07 Å². The van der Waals surface area contributed by atoms with Gasteiger partial charge in [-0.05, 0) is 31.9 Å². The molecule has 1 saturated carbocycles. The number of nitrogens with two attached hydrogens (primary N) is 1. The summed E-state index contributed by atoms with van der Waals surface area (Å²) in [5.74, 6) is 1.08. The first kappa shape index (κ1) is 14.4. The number of anilines is 1. The van der Waals surface area contributed by atoms with Gasteiger partial charge in [0.1, 0.15) is 5.65 Å². The Morgan fingerprint density at radius 1 is 1.48 bits per heavy atom. The Labute approximate surface area is 125 Å². The van der Waals surface area contributed by atoms with Crippen LogP contribution in [0.3, 0.4) is 0 Å². The molecule has 114 valence electrons. The average molecular weight is 288 g/mol. The van der Waals surface area contributed by atoms with Crippen LogP contribution in [-0.4, -0.2) is 41.7 Å². The van der Waals surface area contributed by atoms with Crippen LogP contribution in [0, 0.1) is 0 Å². The van der Waals surface area contributed by atoms with E-state index in [1.54, 1.807) is 7.11 Å². The summed E-state index contributed by atoms with van der Waals surface area (Å²) in [6.07, 6.45) is 5.39. The van der Waals surface area contributed by atoms with Gasteiger partial charge < -0.3 is 19.8 Å². The summed E-state index contributed by atoms with van der Waals surface area (Å²) < 4.78 is 7.43. The maximum Gasteiger partial charge on any atom is 0.151 e. The SMILES string of the molecule is COCCN(c1nc2ccccn2c1CC(C)N)C1CC1. The molecular weight excluding hydrogens is 264 g/mol. The second-order valence-corrected chi connectivity index (χ2v) is 5.91. The highest BCUT2D eigenvalue weighted by Gasteiger charge is 2.32. The lowest BCUT2D eigenvalue weighted by molar-refractivity contribution is 0.204. The van der Waals surface area contributed by atoms with Gasteiger partial charge in [0.2, 0.25) is 0 Å². The van der Waals surface area contributed by atoms with Gasteiger partial charge >= 0.3 is 0 Å². The normalized spacial score (nSPS) is 16.3. The molecular formula is C16H24N4O. The van der Waals surface area contributed by atoms with E-state index in [-0.39, 0.29) is 6.04 Å². The second-order valence-electron chi connectivity index (χ2n) is 5.91. The molecule has 0 spiro atoms. The predicted molar refractivity (Wildman–Crippen MR) is 84.8 cm³/mol. The number of aromatic nitrogens is 2. The van der Waals surface area contributed by atoms with Crippen molar-refractivity contribution in [2.24, 2.45) is 5.73 Å². The van der Waals surface area contributed by atoms with Crippen molar-refractivity contribution < 1.29 is 4.74 Å². The molecule has 1 fully saturated rings. The zero-order valence-electron chi connectivity index (χ0n) is 12.8. The molecule has 2 N–H and O–H groups in total. The van der Waals surface area contributed by atoms with Crippen molar-refractivity contribution >= 4 is 11.5 Å². The summed E-state index contributed by atoms with van der Waals surface area (Å²) >= 11 is 0. The van der Waals surface area contributed by atoms with Crippen LogP contribution in [-0.2, 0) is 11.2 Å². The Balaban J connectivity index is 2.01. The highest BCUT2D eigenvalue weighted by Crippen LogP contribution is 2.33. The molecule has 3 rings (SSSR count). The number of fused-ring (bicyclic) bond motifs is 1. The van der Waals surface area contributed by atoms with Crippen molar-refractivity contribution in [1.29, 1.82) is 0 Å². The maximum absolute atomic E-state index is 6.05. The van der Waals surface area contributed by atoms with E-state index >= 15 is 0 Å². The van der Waals surface area contributed by atoms with Crippen molar-refractivity contribution in [3.05, 3.63) is 30.1 Å². The van der Waals surface area contributed by atoms with E-state index in [1.165, 1.54) is 18.5 Å². The number of imidazole rings is 1. The smallest absolute Gasteiger partial charge is 0.151 e. The highest BCUT2D eigenvalue weighted by molar-refractivity contribution is 5.57. The largest absolute Gasteiger partial charge is 0.383 e. The summed E-state index contributed by atoms with van der Waals surface area (Å²) in [5.41, 5.74) is 8.25. The standard InChI is InChI=1S/C16H24N4O/c1-12(17)11-14-16(18-15-5-3-4-8-20(14)15)19(9-10-21-2)13-6-7-13/h3-5,8,12-13H,6-7,9-11,17H2,1-2H3. The molecule has 2 heterocycles. The summed E-state index contributed by atoms with van der Waals surface area (Å²) in [7, 11) is 1.75. The van der Waals surface area contributed by atoms with E-state index in [9.17, 15) is 0 Å². The minimum Gasteiger partial charge on any atom is -0.383 e. The fourth-order valence-electron chi connectivity index (χ4n) is 2.80. The molecule has 0 amide bonds. The minimum absolute atomic E-state index is 0.118. The molecule has 2 aromatic rings. The van der Waals surface area contributed by atoms with Crippen LogP contribution in [0.5, 0.6) is 0 Å². The van der Waals surface area contributed by atoms with Crippen LogP contribution >= 0.6 is 0 Å². The molecule has 1 unspecified atom stereocenters. The molecule has 0 aliphatic heterocycles. The van der Waals surface area contributed by atoms with Crippen LogP contribution in [0.4, 0.5) is 5.82 Å². The van der Waals surface area contributed by atoms with Crippen molar-refractivity contribution in [3.8, 4) is 0 Å². The molecule has 1 aliphatic carbocycles. The molecule has 0 radical (unpaired) electrons. The summed E-state index contributed by atoms with van der Waals surface area (Å²) in [5, 5.41) is 0. The Hall–Kier alpha value is -1.59. The Kier molecular flexibility index (Phi) is 4.12. The van der Waals surface area contributed by atoms with Gasteiger partial charge in [-0.2, -0.15) is 0 Å². The second kappa shape index (κ2) is 6.03. The summed E-state index contributed by atoms with van der Waals surface area (Å²) in [4.78, 5) is 7.26. The molecule has 1 atom stereocenters. The predicted octanol–water partition coefficient (Wildman–Crippen LogP) is 1.84. The van der Waals surface area contributed by atoms with Gasteiger partial charge in [-0.3, -0.25) is 0 Å². The summed E-state index contributed by atoms with van der Waals surface area (Å²) in [6.45, 7) is 3.65. The van der Waals surface area contributed by atoms with E-state index in [4.69, 9.17) is 15.5 Å². The third-order valence-electron chi connectivity index (χ3n) is 3.92. The Morgan fingerprint density at radius 3 is 2.95 bits per heavy atom. The number of nitrogens with zero attached hydrogens (tertiary/aromatic N) is 3. The van der Waals surface area contributed by atoms with Crippen molar-refractivity contribution in [2.45, 2.75) is 38.3 Å². The lowest BCUT2D eigenvalue weighted by Crippen LogP contribution is -2.31. The molecule has 0 saturated heterocycles. The highest BCUT2D eigenvalue weighted by atomic mass is 16.5. The van der Waals surface area contributed by atoms with Crippen LogP contribution < -0.4 is 10.6 Å². The number of ether oxygens (including phenoxy) is 1. The van der Waals surface area contributed by atoms with Crippen molar-refractivity contribution in [1.82, 2.24) is 9.38 Å². The zero-order valence-corrected chi connectivity index (χ0v) is 12.8. The minimum atomic E-state index is 0.118. The fourth-order valence-corrected chi connectivity index (χ4v) is 2.80. The first-order chi connectivity index (χ1) is 10.2. The topological polar surface area (TPSA) is 55.8 Å². The van der Waals surface area contributed by atoms with Crippen LogP contribution in [0.25, 0.3) is 5.65 Å². The summed E-state index contributed by atoms with van der Waals surface area (Å²) in [6, 6.07) is 6.84. The molecule has 1 aliphatic rings. The molecule has 0 aromatic carbocycles. The third-order valence-corrected chi connectivity index (χ3v) is 3.92. The average Bonchev–Trinajstić information content (AvgIpc) is 3.24. The monoisotopic (exact) mass is 288 g/mol. The lowest BCUT2D eigenvalue weighted by atomic mass is 10.2. The first-order valence-corrected chi connectivity index (χ1v) is 7.68. The van der Waals surface area contributed by atoms with Crippen molar-refractivity contribution in [2.75, 3.05) is 25.2 Å². The number of hydrogen-bond acceptors (Lipinski definition) is 4. The van der Waals surface area contributed by atoms with E-state index in [0.29, 0.717) is 6.04 Å². The van der Waals surface area contributed by atoms with Gasteiger partial charge in [-0.15, -0.1) is 0 Å². The first-order valence-electron chi connectivity index (χ1n) is 7.68. The zero-order chi connectivity index (χ0) is 14.8. The lowest BCUT2D eigenvalue weighted by Gasteiger charge is -2.23. The Bertz CT molecular complexity index is 603. The van der Waals surface area contributed by atoms with E-state index in [0.717, 1.165) is 31.0 Å². The molecule has 2 aromatic heterocycles. The van der Waals surface area contributed by atoms with Gasteiger partial charge in [0.25, 0.3) is 0 Å². The number of rotatable bonds is 7. The Morgan fingerprint density at radius 2 is 2.29 bits per heavy atom. The molecule has 0 bridgehead atoms. The van der Waals surface area contributed by atoms with Crippen molar-refractivity contribution in [3.63, 3.8) is 0 Å². The third kappa shape index (κ3) is 3.04. The van der Waals surface area contributed by atoms with Crippen LogP contribution in [0.15, 0.2) is 24.4 Å². The van der Waals surface area contributed by atoms with Gasteiger partial charge in [-0.25, -0.2) is 4.98 Å². The van der Waals surface area contributed by atoms with E-state index < -0.39 is 0 Å². The number of hydrogen-bond donors (Lipinski definition) is 1.